The number of nitrogens with zero attached hydrogens (tertiary/aromatic N) is 3. The van der Waals surface area contributed by atoms with Gasteiger partial charge in [0.15, 0.2) is 0 Å². The number of aromatic hydroxyl groups is 1. The first kappa shape index (κ1) is 18.8. The molecule has 0 aromatic heterocycles. The Bertz CT molecular complexity index is 818. The number of hydrogen-bond acceptors (Lipinski definition) is 4. The molecule has 0 unspecified atom stereocenters. The molecule has 27 heavy (non-hydrogen) atoms. The van der Waals surface area contributed by atoms with Crippen LogP contribution in [0.4, 0.5) is 5.69 Å². The Morgan fingerprint density at radius 3 is 2.04 bits per heavy atom. The van der Waals surface area contributed by atoms with Gasteiger partial charge in [-0.2, -0.15) is 0 Å². The summed E-state index contributed by atoms with van der Waals surface area (Å²) in [7, 11) is 3.92. The van der Waals surface area contributed by atoms with Crippen LogP contribution in [0.25, 0.3) is 0 Å². The zero-order valence-electron chi connectivity index (χ0n) is 15.8. The van der Waals surface area contributed by atoms with E-state index in [2.05, 4.69) is 0 Å². The predicted molar refractivity (Wildman–Crippen MR) is 105 cm³/mol. The molecule has 6 nitrogen and oxygen atoms in total. The molecular formula is C21H25N3O3. The summed E-state index contributed by atoms with van der Waals surface area (Å²) in [5.41, 5.74) is 2.00. The Morgan fingerprint density at radius 2 is 1.44 bits per heavy atom. The molecule has 0 saturated carbocycles. The predicted octanol–water partition coefficient (Wildman–Crippen LogP) is 2.45. The van der Waals surface area contributed by atoms with E-state index in [-0.39, 0.29) is 17.6 Å². The van der Waals surface area contributed by atoms with E-state index in [0.717, 1.165) is 5.69 Å². The monoisotopic (exact) mass is 367 g/mol. The highest BCUT2D eigenvalue weighted by molar-refractivity contribution is 5.97. The van der Waals surface area contributed by atoms with E-state index in [1.807, 2.05) is 43.3 Å². The van der Waals surface area contributed by atoms with Crippen LogP contribution in [0.3, 0.4) is 0 Å². The van der Waals surface area contributed by atoms with E-state index in [4.69, 9.17) is 0 Å². The number of hydrogen-bond donors (Lipinski definition) is 1. The number of carbonyl (C=O) groups excluding carboxylic acids is 2. The first-order valence-electron chi connectivity index (χ1n) is 9.11. The molecule has 1 aliphatic heterocycles. The van der Waals surface area contributed by atoms with Crippen LogP contribution in [0.5, 0.6) is 5.75 Å². The smallest absolute Gasteiger partial charge is 0.257 e. The molecule has 2 amide bonds. The highest BCUT2D eigenvalue weighted by atomic mass is 16.3. The molecule has 0 bridgehead atoms. The standard InChI is InChI=1S/C21H25N3O3/c1-22(2)17-10-8-16(9-11-17)20(26)23-12-5-13-24(15-14-23)21(27)18-6-3-4-7-19(18)25/h3-4,6-11,25H,5,12-15H2,1-2H3. The summed E-state index contributed by atoms with van der Waals surface area (Å²) in [5, 5.41) is 9.92. The molecule has 1 saturated heterocycles. The van der Waals surface area contributed by atoms with Crippen LogP contribution in [0.1, 0.15) is 27.1 Å². The lowest BCUT2D eigenvalue weighted by atomic mass is 10.1. The average molecular weight is 367 g/mol. The molecule has 0 spiro atoms. The van der Waals surface area contributed by atoms with Gasteiger partial charge in [-0.05, 0) is 42.8 Å². The summed E-state index contributed by atoms with van der Waals surface area (Å²) < 4.78 is 0. The number of phenolic OH excluding ortho intramolecular Hbond substituents is 1. The van der Waals surface area contributed by atoms with Crippen molar-refractivity contribution in [1.29, 1.82) is 0 Å². The van der Waals surface area contributed by atoms with Gasteiger partial charge in [0.05, 0.1) is 5.56 Å². The van der Waals surface area contributed by atoms with Gasteiger partial charge in [-0.1, -0.05) is 12.1 Å². The summed E-state index contributed by atoms with van der Waals surface area (Å²) in [6, 6.07) is 14.1. The Balaban J connectivity index is 1.66. The van der Waals surface area contributed by atoms with Gasteiger partial charge in [-0.15, -0.1) is 0 Å². The summed E-state index contributed by atoms with van der Waals surface area (Å²) in [6.07, 6.45) is 0.709. The zero-order chi connectivity index (χ0) is 19.4. The third-order valence-electron chi connectivity index (χ3n) is 4.84. The van der Waals surface area contributed by atoms with Crippen LogP contribution in [0.2, 0.25) is 0 Å². The van der Waals surface area contributed by atoms with E-state index in [1.165, 1.54) is 6.07 Å². The van der Waals surface area contributed by atoms with Gasteiger partial charge in [0, 0.05) is 51.5 Å². The fourth-order valence-electron chi connectivity index (χ4n) is 3.23. The number of amides is 2. The lowest BCUT2D eigenvalue weighted by Gasteiger charge is -2.23. The minimum atomic E-state index is -0.197. The van der Waals surface area contributed by atoms with Gasteiger partial charge in [0.25, 0.3) is 11.8 Å². The molecule has 1 aliphatic rings. The van der Waals surface area contributed by atoms with Crippen LogP contribution in [-0.2, 0) is 0 Å². The van der Waals surface area contributed by atoms with E-state index >= 15 is 0 Å². The van der Waals surface area contributed by atoms with Crippen molar-refractivity contribution >= 4 is 17.5 Å². The second kappa shape index (κ2) is 8.12. The van der Waals surface area contributed by atoms with Crippen LogP contribution in [0.15, 0.2) is 48.5 Å². The molecule has 2 aromatic carbocycles. The van der Waals surface area contributed by atoms with E-state index in [1.54, 1.807) is 28.0 Å². The summed E-state index contributed by atoms with van der Waals surface area (Å²) >= 11 is 0. The first-order chi connectivity index (χ1) is 13.0. The Labute approximate surface area is 159 Å². The van der Waals surface area contributed by atoms with Gasteiger partial charge in [-0.3, -0.25) is 9.59 Å². The number of para-hydroxylation sites is 1. The highest BCUT2D eigenvalue weighted by Crippen LogP contribution is 2.20. The van der Waals surface area contributed by atoms with Gasteiger partial charge >= 0.3 is 0 Å². The van der Waals surface area contributed by atoms with Crippen LogP contribution >= 0.6 is 0 Å². The van der Waals surface area contributed by atoms with Crippen LogP contribution in [-0.4, -0.2) is 67.0 Å². The van der Waals surface area contributed by atoms with Crippen molar-refractivity contribution in [3.63, 3.8) is 0 Å². The van der Waals surface area contributed by atoms with Crippen molar-refractivity contribution in [2.45, 2.75) is 6.42 Å². The fourth-order valence-corrected chi connectivity index (χ4v) is 3.23. The second-order valence-electron chi connectivity index (χ2n) is 6.90. The quantitative estimate of drug-likeness (QED) is 0.905. The zero-order valence-corrected chi connectivity index (χ0v) is 15.8. The van der Waals surface area contributed by atoms with Gasteiger partial charge in [0.1, 0.15) is 5.75 Å². The molecule has 142 valence electrons. The topological polar surface area (TPSA) is 64.1 Å². The molecule has 0 atom stereocenters. The van der Waals surface area contributed by atoms with Crippen LogP contribution < -0.4 is 4.90 Å². The molecular weight excluding hydrogens is 342 g/mol. The SMILES string of the molecule is CN(C)c1ccc(C(=O)N2CCCN(C(=O)c3ccccc3O)CC2)cc1. The van der Waals surface area contributed by atoms with Crippen molar-refractivity contribution in [1.82, 2.24) is 9.80 Å². The minimum absolute atomic E-state index is 0.0133. The Kier molecular flexibility index (Phi) is 5.64. The lowest BCUT2D eigenvalue weighted by Crippen LogP contribution is -2.37. The molecule has 3 rings (SSSR count). The molecule has 0 radical (unpaired) electrons. The number of phenols is 1. The minimum Gasteiger partial charge on any atom is -0.507 e. The summed E-state index contributed by atoms with van der Waals surface area (Å²) in [4.78, 5) is 31.0. The molecule has 6 heteroatoms. The summed E-state index contributed by atoms with van der Waals surface area (Å²) in [6.45, 7) is 2.11. The third kappa shape index (κ3) is 4.22. The van der Waals surface area contributed by atoms with Crippen LogP contribution in [0, 0.1) is 0 Å². The maximum atomic E-state index is 12.8. The molecule has 1 N–H and O–H groups in total. The Morgan fingerprint density at radius 1 is 0.852 bits per heavy atom. The van der Waals surface area contributed by atoms with E-state index in [0.29, 0.717) is 43.7 Å². The van der Waals surface area contributed by atoms with Crippen molar-refractivity contribution in [3.05, 3.63) is 59.7 Å². The van der Waals surface area contributed by atoms with E-state index < -0.39 is 0 Å². The van der Waals surface area contributed by atoms with Gasteiger partial charge in [0.2, 0.25) is 0 Å². The van der Waals surface area contributed by atoms with Gasteiger partial charge in [-0.25, -0.2) is 0 Å². The van der Waals surface area contributed by atoms with Crippen molar-refractivity contribution < 1.29 is 14.7 Å². The maximum absolute atomic E-state index is 12.8. The molecule has 0 aliphatic carbocycles. The summed E-state index contributed by atoms with van der Waals surface area (Å²) in [5.74, 6) is -0.226. The molecule has 2 aromatic rings. The molecule has 1 heterocycles. The lowest BCUT2D eigenvalue weighted by molar-refractivity contribution is 0.0717. The number of carbonyl (C=O) groups is 2. The average Bonchev–Trinajstić information content (AvgIpc) is 2.93. The number of anilines is 1. The van der Waals surface area contributed by atoms with Crippen molar-refractivity contribution in [2.75, 3.05) is 45.2 Å². The maximum Gasteiger partial charge on any atom is 0.257 e. The Hall–Kier alpha value is -3.02. The van der Waals surface area contributed by atoms with Crippen molar-refractivity contribution in [3.8, 4) is 5.75 Å². The number of rotatable bonds is 3. The van der Waals surface area contributed by atoms with Gasteiger partial charge < -0.3 is 19.8 Å². The second-order valence-corrected chi connectivity index (χ2v) is 6.90. The fraction of sp³-hybridized carbons (Fsp3) is 0.333. The normalized spacial score (nSPS) is 14.6. The largest absolute Gasteiger partial charge is 0.507 e. The first-order valence-corrected chi connectivity index (χ1v) is 9.11. The highest BCUT2D eigenvalue weighted by Gasteiger charge is 2.24. The number of benzene rings is 2. The van der Waals surface area contributed by atoms with E-state index in [9.17, 15) is 14.7 Å². The molecule has 1 fully saturated rings. The third-order valence-corrected chi connectivity index (χ3v) is 4.84. The van der Waals surface area contributed by atoms with Crippen molar-refractivity contribution in [2.24, 2.45) is 0 Å².